The summed E-state index contributed by atoms with van der Waals surface area (Å²) in [6.07, 6.45) is 2.31. The number of carbonyl (C=O) groups is 1. The molecule has 5 heteroatoms. The van der Waals surface area contributed by atoms with Gasteiger partial charge in [0.2, 0.25) is 0 Å². The summed E-state index contributed by atoms with van der Waals surface area (Å²) in [5.74, 6) is -0.102. The zero-order valence-corrected chi connectivity index (χ0v) is 10.8. The number of H-pyrrole nitrogens is 1. The Morgan fingerprint density at radius 1 is 1.39 bits per heavy atom. The maximum atomic E-state index is 11.8. The number of aromatic amines is 1. The molecule has 0 saturated carbocycles. The van der Waals surface area contributed by atoms with Crippen LogP contribution in [-0.4, -0.2) is 22.6 Å². The summed E-state index contributed by atoms with van der Waals surface area (Å²) in [5.41, 5.74) is 2.51. The van der Waals surface area contributed by atoms with Gasteiger partial charge in [0.25, 0.3) is 5.91 Å². The molecular weight excluding hydrogens is 250 g/mol. The summed E-state index contributed by atoms with van der Waals surface area (Å²) in [6, 6.07) is 7.60. The highest BCUT2D eigenvalue weighted by atomic mass is 35.5. The monoisotopic (exact) mass is 263 g/mol. The number of benzene rings is 1. The molecule has 1 amide bonds. The van der Waals surface area contributed by atoms with E-state index in [0.29, 0.717) is 12.1 Å². The summed E-state index contributed by atoms with van der Waals surface area (Å²) in [5, 5.41) is 10.1. The third-order valence-corrected chi connectivity index (χ3v) is 2.94. The van der Waals surface area contributed by atoms with E-state index in [1.165, 1.54) is 6.20 Å². The van der Waals surface area contributed by atoms with Crippen LogP contribution in [0.25, 0.3) is 0 Å². The lowest BCUT2D eigenvalue weighted by Crippen LogP contribution is -2.25. The zero-order valence-electron chi connectivity index (χ0n) is 10.0. The smallest absolute Gasteiger partial charge is 0.254 e. The first-order valence-corrected chi connectivity index (χ1v) is 6.07. The van der Waals surface area contributed by atoms with Gasteiger partial charge in [0, 0.05) is 17.3 Å². The first-order chi connectivity index (χ1) is 8.66. The molecule has 2 aromatic rings. The Bertz CT molecular complexity index is 533. The molecule has 94 valence electrons. The number of amides is 1. The molecule has 2 rings (SSSR count). The molecule has 0 bridgehead atoms. The van der Waals surface area contributed by atoms with E-state index in [-0.39, 0.29) is 5.91 Å². The van der Waals surface area contributed by atoms with Gasteiger partial charge in [0.15, 0.2) is 0 Å². The van der Waals surface area contributed by atoms with Gasteiger partial charge in [-0.1, -0.05) is 23.7 Å². The maximum absolute atomic E-state index is 11.8. The second kappa shape index (κ2) is 5.69. The van der Waals surface area contributed by atoms with Gasteiger partial charge in [-0.2, -0.15) is 5.10 Å². The number of aryl methyl sites for hydroxylation is 1. The summed E-state index contributed by atoms with van der Waals surface area (Å²) in [6.45, 7) is 2.41. The number of aromatic nitrogens is 2. The van der Waals surface area contributed by atoms with Crippen molar-refractivity contribution < 1.29 is 4.79 Å². The number of hydrogen-bond donors (Lipinski definition) is 2. The summed E-state index contributed by atoms with van der Waals surface area (Å²) in [4.78, 5) is 11.8. The average Bonchev–Trinajstić information content (AvgIpc) is 2.78. The van der Waals surface area contributed by atoms with E-state index in [2.05, 4.69) is 15.5 Å². The molecule has 0 atom stereocenters. The minimum atomic E-state index is -0.102. The molecule has 18 heavy (non-hydrogen) atoms. The van der Waals surface area contributed by atoms with Gasteiger partial charge in [-0.15, -0.1) is 0 Å². The number of rotatable bonds is 4. The fraction of sp³-hybridized carbons (Fsp3) is 0.231. The maximum Gasteiger partial charge on any atom is 0.254 e. The predicted molar refractivity (Wildman–Crippen MR) is 70.8 cm³/mol. The first kappa shape index (κ1) is 12.6. The molecule has 0 radical (unpaired) electrons. The third-order valence-electron chi connectivity index (χ3n) is 2.69. The predicted octanol–water partition coefficient (Wildman–Crippen LogP) is 2.34. The lowest BCUT2D eigenvalue weighted by atomic mass is 10.1. The van der Waals surface area contributed by atoms with Gasteiger partial charge in [-0.25, -0.2) is 0 Å². The molecule has 4 nitrogen and oxygen atoms in total. The van der Waals surface area contributed by atoms with E-state index in [1.807, 2.05) is 31.2 Å². The van der Waals surface area contributed by atoms with Crippen LogP contribution in [0, 0.1) is 6.92 Å². The molecule has 0 saturated heterocycles. The Labute approximate surface area is 110 Å². The van der Waals surface area contributed by atoms with Crippen LogP contribution >= 0.6 is 11.6 Å². The molecule has 1 heterocycles. The van der Waals surface area contributed by atoms with Crippen LogP contribution in [0.15, 0.2) is 30.5 Å². The van der Waals surface area contributed by atoms with Gasteiger partial charge >= 0.3 is 0 Å². The van der Waals surface area contributed by atoms with Crippen molar-refractivity contribution >= 4 is 17.5 Å². The lowest BCUT2D eigenvalue weighted by Gasteiger charge is -2.04. The Morgan fingerprint density at radius 2 is 2.11 bits per heavy atom. The minimum absolute atomic E-state index is 0.102. The topological polar surface area (TPSA) is 57.8 Å². The molecular formula is C13H14ClN3O. The molecule has 0 aliphatic carbocycles. The SMILES string of the molecule is Cc1[nH]ncc1C(=O)NCCc1ccc(Cl)cc1. The second-order valence-corrected chi connectivity index (χ2v) is 4.48. The van der Waals surface area contributed by atoms with E-state index in [1.54, 1.807) is 0 Å². The van der Waals surface area contributed by atoms with Crippen LogP contribution in [-0.2, 0) is 6.42 Å². The number of carbonyl (C=O) groups excluding carboxylic acids is 1. The third kappa shape index (κ3) is 3.11. The highest BCUT2D eigenvalue weighted by Crippen LogP contribution is 2.09. The fourth-order valence-corrected chi connectivity index (χ4v) is 1.77. The van der Waals surface area contributed by atoms with Crippen molar-refractivity contribution in [3.63, 3.8) is 0 Å². The van der Waals surface area contributed by atoms with Crippen molar-refractivity contribution in [2.75, 3.05) is 6.54 Å². The van der Waals surface area contributed by atoms with Crippen LogP contribution in [0.4, 0.5) is 0 Å². The highest BCUT2D eigenvalue weighted by molar-refractivity contribution is 6.30. The molecule has 0 unspecified atom stereocenters. The van der Waals surface area contributed by atoms with Crippen LogP contribution < -0.4 is 5.32 Å². The largest absolute Gasteiger partial charge is 0.352 e. The zero-order chi connectivity index (χ0) is 13.0. The molecule has 0 fully saturated rings. The van der Waals surface area contributed by atoms with Crippen molar-refractivity contribution in [1.82, 2.24) is 15.5 Å². The van der Waals surface area contributed by atoms with Crippen molar-refractivity contribution in [1.29, 1.82) is 0 Å². The van der Waals surface area contributed by atoms with E-state index in [9.17, 15) is 4.79 Å². The van der Waals surface area contributed by atoms with E-state index < -0.39 is 0 Å². The highest BCUT2D eigenvalue weighted by Gasteiger charge is 2.09. The molecule has 1 aromatic heterocycles. The van der Waals surface area contributed by atoms with Gasteiger partial charge in [0.1, 0.15) is 0 Å². The van der Waals surface area contributed by atoms with E-state index in [4.69, 9.17) is 11.6 Å². The average molecular weight is 264 g/mol. The first-order valence-electron chi connectivity index (χ1n) is 5.69. The van der Waals surface area contributed by atoms with E-state index in [0.717, 1.165) is 22.7 Å². The van der Waals surface area contributed by atoms with Gasteiger partial charge in [-0.3, -0.25) is 9.89 Å². The molecule has 2 N–H and O–H groups in total. The van der Waals surface area contributed by atoms with Crippen molar-refractivity contribution in [3.05, 3.63) is 52.3 Å². The molecule has 0 aliphatic rings. The summed E-state index contributed by atoms with van der Waals surface area (Å²) >= 11 is 5.80. The number of nitrogens with zero attached hydrogens (tertiary/aromatic N) is 1. The van der Waals surface area contributed by atoms with Gasteiger partial charge < -0.3 is 5.32 Å². The van der Waals surface area contributed by atoms with Crippen LogP contribution in [0.5, 0.6) is 0 Å². The van der Waals surface area contributed by atoms with Crippen LogP contribution in [0.3, 0.4) is 0 Å². The standard InChI is InChI=1S/C13H14ClN3O/c1-9-12(8-16-17-9)13(18)15-7-6-10-2-4-11(14)5-3-10/h2-5,8H,6-7H2,1H3,(H,15,18)(H,16,17). The number of hydrogen-bond acceptors (Lipinski definition) is 2. The van der Waals surface area contributed by atoms with Crippen molar-refractivity contribution in [2.45, 2.75) is 13.3 Å². The fourth-order valence-electron chi connectivity index (χ4n) is 1.65. The van der Waals surface area contributed by atoms with Crippen molar-refractivity contribution in [2.24, 2.45) is 0 Å². The van der Waals surface area contributed by atoms with Crippen LogP contribution in [0.2, 0.25) is 5.02 Å². The molecule has 1 aromatic carbocycles. The molecule has 0 aliphatic heterocycles. The van der Waals surface area contributed by atoms with E-state index >= 15 is 0 Å². The summed E-state index contributed by atoms with van der Waals surface area (Å²) < 4.78 is 0. The second-order valence-electron chi connectivity index (χ2n) is 4.04. The Balaban J connectivity index is 1.84. The van der Waals surface area contributed by atoms with Gasteiger partial charge in [-0.05, 0) is 31.0 Å². The molecule has 0 spiro atoms. The number of halogens is 1. The quantitative estimate of drug-likeness (QED) is 0.890. The Morgan fingerprint density at radius 3 is 2.72 bits per heavy atom. The van der Waals surface area contributed by atoms with Crippen molar-refractivity contribution in [3.8, 4) is 0 Å². The summed E-state index contributed by atoms with van der Waals surface area (Å²) in [7, 11) is 0. The number of nitrogens with one attached hydrogen (secondary N) is 2. The lowest BCUT2D eigenvalue weighted by molar-refractivity contribution is 0.0953. The Kier molecular flexibility index (Phi) is 3.99. The Hall–Kier alpha value is -1.81. The van der Waals surface area contributed by atoms with Gasteiger partial charge in [0.05, 0.1) is 11.8 Å². The minimum Gasteiger partial charge on any atom is -0.352 e. The van der Waals surface area contributed by atoms with Crippen LogP contribution in [0.1, 0.15) is 21.6 Å². The normalized spacial score (nSPS) is 10.3.